The Bertz CT molecular complexity index is 704. The topological polar surface area (TPSA) is 61.9 Å². The Hall–Kier alpha value is -1.70. The second kappa shape index (κ2) is 10.9. The van der Waals surface area contributed by atoms with E-state index in [1.807, 2.05) is 4.90 Å². The van der Waals surface area contributed by atoms with Crippen LogP contribution in [0.25, 0.3) is 0 Å². The van der Waals surface area contributed by atoms with E-state index in [0.717, 1.165) is 64.8 Å². The molecular weight excluding hydrogens is 397 g/mol. The van der Waals surface area contributed by atoms with Gasteiger partial charge in [-0.1, -0.05) is 11.6 Å². The number of hydrogen-bond donors (Lipinski definition) is 1. The molecule has 29 heavy (non-hydrogen) atoms. The van der Waals surface area contributed by atoms with Gasteiger partial charge < -0.3 is 15.0 Å². The molecule has 160 valence electrons. The first-order valence-corrected chi connectivity index (χ1v) is 10.7. The van der Waals surface area contributed by atoms with Gasteiger partial charge in [0, 0.05) is 39.1 Å². The summed E-state index contributed by atoms with van der Waals surface area (Å²) in [6.45, 7) is 6.61. The smallest absolute Gasteiger partial charge is 0.252 e. The highest BCUT2D eigenvalue weighted by atomic mass is 35.5. The van der Waals surface area contributed by atoms with E-state index < -0.39 is 11.7 Å². The van der Waals surface area contributed by atoms with E-state index in [4.69, 9.17) is 16.3 Å². The normalized spacial score (nSPS) is 18.6. The number of ether oxygens (including phenoxy) is 1. The maximum atomic E-state index is 13.1. The Morgan fingerprint density at radius 3 is 2.59 bits per heavy atom. The van der Waals surface area contributed by atoms with Crippen molar-refractivity contribution in [3.8, 4) is 0 Å². The molecule has 2 aliphatic rings. The van der Waals surface area contributed by atoms with Crippen molar-refractivity contribution in [1.29, 1.82) is 0 Å². The Morgan fingerprint density at radius 2 is 1.90 bits per heavy atom. The van der Waals surface area contributed by atoms with Crippen LogP contribution in [0.2, 0.25) is 5.02 Å². The van der Waals surface area contributed by atoms with E-state index >= 15 is 0 Å². The molecule has 2 fully saturated rings. The molecule has 6 nitrogen and oxygen atoms in total. The predicted molar refractivity (Wildman–Crippen MR) is 110 cm³/mol. The minimum absolute atomic E-state index is 0.0575. The Kier molecular flexibility index (Phi) is 8.27. The third kappa shape index (κ3) is 6.66. The van der Waals surface area contributed by atoms with Crippen LogP contribution < -0.4 is 5.32 Å². The molecule has 8 heteroatoms. The van der Waals surface area contributed by atoms with E-state index in [-0.39, 0.29) is 29.5 Å². The maximum absolute atomic E-state index is 13.1. The minimum Gasteiger partial charge on any atom is -0.379 e. The number of nitrogens with one attached hydrogen (secondary N) is 1. The minimum atomic E-state index is -0.491. The number of hydrogen-bond acceptors (Lipinski definition) is 4. The van der Waals surface area contributed by atoms with Gasteiger partial charge in [0.2, 0.25) is 5.91 Å². The largest absolute Gasteiger partial charge is 0.379 e. The number of rotatable bonds is 7. The van der Waals surface area contributed by atoms with E-state index in [0.29, 0.717) is 5.92 Å². The zero-order valence-corrected chi connectivity index (χ0v) is 17.4. The summed E-state index contributed by atoms with van der Waals surface area (Å²) in [7, 11) is 0. The lowest BCUT2D eigenvalue weighted by Crippen LogP contribution is -2.41. The average Bonchev–Trinajstić information content (AvgIpc) is 2.73. The van der Waals surface area contributed by atoms with Crippen molar-refractivity contribution >= 4 is 23.4 Å². The second-order valence-electron chi connectivity index (χ2n) is 7.70. The number of benzene rings is 1. The summed E-state index contributed by atoms with van der Waals surface area (Å²) in [6, 6.07) is 3.64. The standard InChI is InChI=1S/C21H29ClFN3O3/c22-19-15-17(23)1-2-18(19)21(28)24-7-3-20(27)26-9-5-16(6-10-26)4-8-25-11-13-29-14-12-25/h1-2,15-16H,3-14H2,(H,24,28). The number of piperidine rings is 1. The lowest BCUT2D eigenvalue weighted by molar-refractivity contribution is -0.132. The quantitative estimate of drug-likeness (QED) is 0.729. The summed E-state index contributed by atoms with van der Waals surface area (Å²) < 4.78 is 18.5. The summed E-state index contributed by atoms with van der Waals surface area (Å²) >= 11 is 5.89. The molecule has 0 atom stereocenters. The number of carbonyl (C=O) groups is 2. The molecule has 3 rings (SSSR count). The van der Waals surface area contributed by atoms with Crippen LogP contribution in [0.3, 0.4) is 0 Å². The average molecular weight is 426 g/mol. The fraction of sp³-hybridized carbons (Fsp3) is 0.619. The van der Waals surface area contributed by atoms with Crippen LogP contribution in [-0.4, -0.2) is 74.1 Å². The molecule has 0 radical (unpaired) electrons. The SMILES string of the molecule is O=C(NCCC(=O)N1CCC(CCN2CCOCC2)CC1)c1ccc(F)cc1Cl. The van der Waals surface area contributed by atoms with Crippen LogP contribution in [0, 0.1) is 11.7 Å². The van der Waals surface area contributed by atoms with Gasteiger partial charge in [-0.05, 0) is 49.9 Å². The lowest BCUT2D eigenvalue weighted by atomic mass is 9.93. The summed E-state index contributed by atoms with van der Waals surface area (Å²) in [4.78, 5) is 28.9. The van der Waals surface area contributed by atoms with Crippen LogP contribution in [0.15, 0.2) is 18.2 Å². The highest BCUT2D eigenvalue weighted by molar-refractivity contribution is 6.33. The zero-order valence-electron chi connectivity index (χ0n) is 16.7. The maximum Gasteiger partial charge on any atom is 0.252 e. The van der Waals surface area contributed by atoms with Crippen molar-refractivity contribution in [3.63, 3.8) is 0 Å². The number of morpholine rings is 1. The molecule has 1 aromatic rings. The van der Waals surface area contributed by atoms with E-state index in [2.05, 4.69) is 10.2 Å². The molecule has 2 aliphatic heterocycles. The molecule has 0 unspecified atom stereocenters. The molecule has 0 spiro atoms. The second-order valence-corrected chi connectivity index (χ2v) is 8.10. The van der Waals surface area contributed by atoms with Crippen molar-refractivity contribution in [2.75, 3.05) is 52.5 Å². The van der Waals surface area contributed by atoms with Crippen LogP contribution in [0.5, 0.6) is 0 Å². The number of amides is 2. The highest BCUT2D eigenvalue weighted by Gasteiger charge is 2.23. The van der Waals surface area contributed by atoms with Crippen molar-refractivity contribution in [3.05, 3.63) is 34.6 Å². The Morgan fingerprint density at radius 1 is 1.17 bits per heavy atom. The molecule has 0 bridgehead atoms. The fourth-order valence-electron chi connectivity index (χ4n) is 3.87. The van der Waals surface area contributed by atoms with Gasteiger partial charge in [0.1, 0.15) is 5.82 Å². The summed E-state index contributed by atoms with van der Waals surface area (Å²) in [5.74, 6) is -0.163. The summed E-state index contributed by atoms with van der Waals surface area (Å²) in [5, 5.41) is 2.75. The van der Waals surface area contributed by atoms with Crippen molar-refractivity contribution in [1.82, 2.24) is 15.1 Å². The number of likely N-dealkylation sites (tertiary alicyclic amines) is 1. The molecule has 0 saturated carbocycles. The van der Waals surface area contributed by atoms with Gasteiger partial charge in [0.15, 0.2) is 0 Å². The molecular formula is C21H29ClFN3O3. The number of carbonyl (C=O) groups excluding carboxylic acids is 2. The monoisotopic (exact) mass is 425 g/mol. The summed E-state index contributed by atoms with van der Waals surface area (Å²) in [6.07, 6.45) is 3.50. The van der Waals surface area contributed by atoms with Crippen LogP contribution in [0.1, 0.15) is 36.0 Å². The third-order valence-electron chi connectivity index (χ3n) is 5.72. The lowest BCUT2D eigenvalue weighted by Gasteiger charge is -2.34. The third-order valence-corrected chi connectivity index (χ3v) is 6.04. The van der Waals surface area contributed by atoms with Gasteiger partial charge in [0.25, 0.3) is 5.91 Å². The van der Waals surface area contributed by atoms with Crippen LogP contribution in [-0.2, 0) is 9.53 Å². The van der Waals surface area contributed by atoms with Gasteiger partial charge in [-0.2, -0.15) is 0 Å². The van der Waals surface area contributed by atoms with Gasteiger partial charge >= 0.3 is 0 Å². The number of halogens is 2. The van der Waals surface area contributed by atoms with Gasteiger partial charge in [-0.3, -0.25) is 14.5 Å². The molecule has 1 aromatic carbocycles. The number of nitrogens with zero attached hydrogens (tertiary/aromatic N) is 2. The molecule has 0 aromatic heterocycles. The molecule has 2 amide bonds. The molecule has 2 heterocycles. The zero-order chi connectivity index (χ0) is 20.6. The van der Waals surface area contributed by atoms with Crippen LogP contribution in [0.4, 0.5) is 4.39 Å². The fourth-order valence-corrected chi connectivity index (χ4v) is 4.12. The van der Waals surface area contributed by atoms with E-state index in [1.54, 1.807) is 0 Å². The van der Waals surface area contributed by atoms with E-state index in [9.17, 15) is 14.0 Å². The van der Waals surface area contributed by atoms with Gasteiger partial charge in [-0.15, -0.1) is 0 Å². The first kappa shape index (κ1) is 22.0. The first-order chi connectivity index (χ1) is 14.0. The van der Waals surface area contributed by atoms with Gasteiger partial charge in [-0.25, -0.2) is 4.39 Å². The Labute approximate surface area is 176 Å². The molecule has 0 aliphatic carbocycles. The van der Waals surface area contributed by atoms with Crippen molar-refractivity contribution in [2.45, 2.75) is 25.7 Å². The Balaban J connectivity index is 1.32. The molecule has 1 N–H and O–H groups in total. The van der Waals surface area contributed by atoms with Crippen LogP contribution >= 0.6 is 11.6 Å². The highest BCUT2D eigenvalue weighted by Crippen LogP contribution is 2.22. The van der Waals surface area contributed by atoms with Crippen molar-refractivity contribution in [2.24, 2.45) is 5.92 Å². The predicted octanol–water partition coefficient (Wildman–Crippen LogP) is 2.56. The first-order valence-electron chi connectivity index (χ1n) is 10.3. The molecule has 2 saturated heterocycles. The summed E-state index contributed by atoms with van der Waals surface area (Å²) in [5.41, 5.74) is 0.210. The van der Waals surface area contributed by atoms with E-state index in [1.165, 1.54) is 18.6 Å². The van der Waals surface area contributed by atoms with Crippen molar-refractivity contribution < 1.29 is 18.7 Å². The van der Waals surface area contributed by atoms with Gasteiger partial charge in [0.05, 0.1) is 23.8 Å².